The van der Waals surface area contributed by atoms with Gasteiger partial charge in [-0.2, -0.15) is 4.98 Å². The van der Waals surface area contributed by atoms with Crippen molar-refractivity contribution in [2.24, 2.45) is 0 Å². The van der Waals surface area contributed by atoms with Gasteiger partial charge in [0.15, 0.2) is 15.7 Å². The van der Waals surface area contributed by atoms with Crippen LogP contribution in [0.2, 0.25) is 0 Å². The van der Waals surface area contributed by atoms with Crippen LogP contribution < -0.4 is 5.32 Å². The van der Waals surface area contributed by atoms with Crippen molar-refractivity contribution in [3.8, 4) is 0 Å². The van der Waals surface area contributed by atoms with Gasteiger partial charge in [-0.1, -0.05) is 17.3 Å². The lowest BCUT2D eigenvalue weighted by atomic mass is 10.2. The topological polar surface area (TPSA) is 102 Å². The van der Waals surface area contributed by atoms with Gasteiger partial charge in [-0.25, -0.2) is 12.8 Å². The third kappa shape index (κ3) is 5.23. The Kier molecular flexibility index (Phi) is 5.84. The van der Waals surface area contributed by atoms with E-state index in [1.165, 1.54) is 12.1 Å². The maximum atomic E-state index is 12.9. The van der Waals surface area contributed by atoms with Crippen molar-refractivity contribution in [1.82, 2.24) is 10.1 Å². The van der Waals surface area contributed by atoms with Crippen molar-refractivity contribution in [3.63, 3.8) is 0 Å². The minimum Gasteiger partial charge on any atom is -0.339 e. The molecule has 0 aliphatic heterocycles. The van der Waals surface area contributed by atoms with E-state index in [1.807, 2.05) is 25.1 Å². The quantitative estimate of drug-likeness (QED) is 0.608. The van der Waals surface area contributed by atoms with Gasteiger partial charge in [-0.15, -0.1) is 0 Å². The van der Waals surface area contributed by atoms with Gasteiger partial charge >= 0.3 is 0 Å². The van der Waals surface area contributed by atoms with E-state index in [0.717, 1.165) is 17.7 Å². The minimum absolute atomic E-state index is 0.0154. The molecular weight excluding hydrogens is 385 g/mol. The third-order valence-corrected chi connectivity index (χ3v) is 5.50. The van der Waals surface area contributed by atoms with Gasteiger partial charge in [-0.3, -0.25) is 4.79 Å². The van der Waals surface area contributed by atoms with Gasteiger partial charge in [-0.05, 0) is 48.9 Å². The fourth-order valence-corrected chi connectivity index (χ4v) is 3.69. The standard InChI is InChI=1S/C19H18FN3O4S/c1-13-3-2-4-15(11-13)21-18(24)9-10-19-22-17(23-27-19)12-28(25,26)16-7-5-14(20)6-8-16/h2-8,11H,9-10,12H2,1H3,(H,21,24). The van der Waals surface area contributed by atoms with E-state index in [1.54, 1.807) is 6.07 Å². The van der Waals surface area contributed by atoms with E-state index in [0.29, 0.717) is 5.69 Å². The first-order valence-electron chi connectivity index (χ1n) is 8.48. The summed E-state index contributed by atoms with van der Waals surface area (Å²) >= 11 is 0. The SMILES string of the molecule is Cc1cccc(NC(=O)CCc2nc(CS(=O)(=O)c3ccc(F)cc3)no2)c1. The smallest absolute Gasteiger partial charge is 0.227 e. The Bertz CT molecular complexity index is 1080. The first kappa shape index (κ1) is 19.7. The molecule has 3 rings (SSSR count). The fourth-order valence-electron chi connectivity index (χ4n) is 2.51. The number of anilines is 1. The Balaban J connectivity index is 1.56. The molecule has 9 heteroatoms. The highest BCUT2D eigenvalue weighted by Gasteiger charge is 2.19. The second-order valence-electron chi connectivity index (χ2n) is 6.24. The number of halogens is 1. The molecule has 0 radical (unpaired) electrons. The van der Waals surface area contributed by atoms with Gasteiger partial charge in [0.25, 0.3) is 0 Å². The molecule has 0 aliphatic carbocycles. The Labute approximate surface area is 161 Å². The number of nitrogens with one attached hydrogen (secondary N) is 1. The Morgan fingerprint density at radius 3 is 2.64 bits per heavy atom. The van der Waals surface area contributed by atoms with E-state index in [2.05, 4.69) is 15.5 Å². The molecule has 1 N–H and O–H groups in total. The van der Waals surface area contributed by atoms with Gasteiger partial charge in [0, 0.05) is 18.5 Å². The number of nitrogens with zero attached hydrogens (tertiary/aromatic N) is 2. The average molecular weight is 403 g/mol. The molecule has 3 aromatic rings. The average Bonchev–Trinajstić information content (AvgIpc) is 3.07. The minimum atomic E-state index is -3.72. The zero-order valence-electron chi connectivity index (χ0n) is 15.1. The summed E-state index contributed by atoms with van der Waals surface area (Å²) in [7, 11) is -3.72. The van der Waals surface area contributed by atoms with Crippen LogP contribution in [0.3, 0.4) is 0 Å². The van der Waals surface area contributed by atoms with E-state index in [-0.39, 0.29) is 35.4 Å². The molecule has 2 aromatic carbocycles. The lowest BCUT2D eigenvalue weighted by Gasteiger charge is -2.04. The number of carbonyl (C=O) groups is 1. The van der Waals surface area contributed by atoms with Crippen LogP contribution in [0.1, 0.15) is 23.7 Å². The first-order valence-corrected chi connectivity index (χ1v) is 10.1. The second-order valence-corrected chi connectivity index (χ2v) is 8.22. The van der Waals surface area contributed by atoms with Crippen molar-refractivity contribution < 1.29 is 22.1 Å². The highest BCUT2D eigenvalue weighted by atomic mass is 32.2. The van der Waals surface area contributed by atoms with E-state index in [4.69, 9.17) is 4.52 Å². The van der Waals surface area contributed by atoms with Crippen LogP contribution in [0.4, 0.5) is 10.1 Å². The molecule has 0 unspecified atom stereocenters. The lowest BCUT2D eigenvalue weighted by molar-refractivity contribution is -0.116. The normalized spacial score (nSPS) is 11.4. The van der Waals surface area contributed by atoms with Crippen LogP contribution >= 0.6 is 0 Å². The molecule has 0 saturated carbocycles. The summed E-state index contributed by atoms with van der Waals surface area (Å²) in [6.07, 6.45) is 0.293. The van der Waals surface area contributed by atoms with Crippen molar-refractivity contribution in [3.05, 3.63) is 71.6 Å². The number of hydrogen-bond acceptors (Lipinski definition) is 6. The Hall–Kier alpha value is -3.07. The molecule has 7 nitrogen and oxygen atoms in total. The highest BCUT2D eigenvalue weighted by Crippen LogP contribution is 2.16. The second kappa shape index (κ2) is 8.30. The number of hydrogen-bond donors (Lipinski definition) is 1. The lowest BCUT2D eigenvalue weighted by Crippen LogP contribution is -2.12. The zero-order chi connectivity index (χ0) is 20.1. The Morgan fingerprint density at radius 2 is 1.93 bits per heavy atom. The molecule has 1 heterocycles. The third-order valence-electron chi connectivity index (χ3n) is 3.87. The predicted octanol–water partition coefficient (Wildman–Crippen LogP) is 3.06. The van der Waals surface area contributed by atoms with Crippen LogP contribution in [-0.2, 0) is 26.8 Å². The molecule has 0 atom stereocenters. The summed E-state index contributed by atoms with van der Waals surface area (Å²) in [6.45, 7) is 1.93. The number of rotatable bonds is 7. The highest BCUT2D eigenvalue weighted by molar-refractivity contribution is 7.90. The number of aromatic nitrogens is 2. The summed E-state index contributed by atoms with van der Waals surface area (Å²) in [5, 5.41) is 6.42. The Morgan fingerprint density at radius 1 is 1.18 bits per heavy atom. The molecule has 0 fully saturated rings. The molecule has 0 spiro atoms. The first-order chi connectivity index (χ1) is 13.3. The molecular formula is C19H18FN3O4S. The number of carbonyl (C=O) groups excluding carboxylic acids is 1. The number of amides is 1. The van der Waals surface area contributed by atoms with Gasteiger partial charge in [0.1, 0.15) is 11.6 Å². The van der Waals surface area contributed by atoms with Crippen LogP contribution in [0.5, 0.6) is 0 Å². The van der Waals surface area contributed by atoms with E-state index >= 15 is 0 Å². The maximum Gasteiger partial charge on any atom is 0.227 e. The fraction of sp³-hybridized carbons (Fsp3) is 0.211. The van der Waals surface area contributed by atoms with E-state index < -0.39 is 21.4 Å². The van der Waals surface area contributed by atoms with Crippen LogP contribution in [0.15, 0.2) is 57.9 Å². The maximum absolute atomic E-state index is 12.9. The molecule has 1 aromatic heterocycles. The van der Waals surface area contributed by atoms with Crippen LogP contribution in [0.25, 0.3) is 0 Å². The largest absolute Gasteiger partial charge is 0.339 e. The predicted molar refractivity (Wildman–Crippen MR) is 99.7 cm³/mol. The molecule has 0 saturated heterocycles. The van der Waals surface area contributed by atoms with Crippen LogP contribution in [-0.4, -0.2) is 24.5 Å². The molecule has 0 aliphatic rings. The summed E-state index contributed by atoms with van der Waals surface area (Å²) in [5.41, 5.74) is 1.73. The summed E-state index contributed by atoms with van der Waals surface area (Å²) in [6, 6.07) is 11.9. The van der Waals surface area contributed by atoms with Gasteiger partial charge in [0.05, 0.1) is 4.90 Å². The molecule has 0 bridgehead atoms. The van der Waals surface area contributed by atoms with Crippen molar-refractivity contribution in [2.75, 3.05) is 5.32 Å². The summed E-state index contributed by atoms with van der Waals surface area (Å²) in [5.74, 6) is -1.06. The monoisotopic (exact) mass is 403 g/mol. The molecule has 28 heavy (non-hydrogen) atoms. The van der Waals surface area contributed by atoms with Crippen molar-refractivity contribution in [1.29, 1.82) is 0 Å². The van der Waals surface area contributed by atoms with Gasteiger partial charge < -0.3 is 9.84 Å². The molecule has 1 amide bonds. The summed E-state index contributed by atoms with van der Waals surface area (Å²) < 4.78 is 42.6. The number of sulfone groups is 1. The number of aryl methyl sites for hydroxylation is 2. The van der Waals surface area contributed by atoms with E-state index in [9.17, 15) is 17.6 Å². The zero-order valence-corrected chi connectivity index (χ0v) is 15.9. The summed E-state index contributed by atoms with van der Waals surface area (Å²) in [4.78, 5) is 16.0. The van der Waals surface area contributed by atoms with Crippen molar-refractivity contribution >= 4 is 21.4 Å². The molecule has 146 valence electrons. The van der Waals surface area contributed by atoms with Crippen molar-refractivity contribution in [2.45, 2.75) is 30.4 Å². The number of benzene rings is 2. The van der Waals surface area contributed by atoms with Gasteiger partial charge in [0.2, 0.25) is 11.8 Å². The van der Waals surface area contributed by atoms with Crippen LogP contribution in [0, 0.1) is 12.7 Å².